The van der Waals surface area contributed by atoms with Crippen LogP contribution in [0.4, 0.5) is 0 Å². The van der Waals surface area contributed by atoms with E-state index in [1.807, 2.05) is 41.9 Å². The number of hydrogen-bond donors (Lipinski definition) is 1. The minimum atomic E-state index is 0.202. The summed E-state index contributed by atoms with van der Waals surface area (Å²) in [6.45, 7) is 4.64. The molecule has 3 rings (SSSR count). The molecule has 0 radical (unpaired) electrons. The Bertz CT molecular complexity index is 669. The first kappa shape index (κ1) is 15.8. The highest BCUT2D eigenvalue weighted by atomic mass is 16.1. The summed E-state index contributed by atoms with van der Waals surface area (Å²) in [5, 5.41) is 7.76. The molecule has 0 aliphatic heterocycles. The van der Waals surface area contributed by atoms with Gasteiger partial charge in [0, 0.05) is 23.7 Å². The van der Waals surface area contributed by atoms with E-state index < -0.39 is 0 Å². The van der Waals surface area contributed by atoms with Crippen LogP contribution in [0, 0.1) is 19.8 Å². The molecule has 0 atom stereocenters. The van der Waals surface area contributed by atoms with E-state index in [1.54, 1.807) is 0 Å². The Morgan fingerprint density at radius 3 is 2.57 bits per heavy atom. The van der Waals surface area contributed by atoms with Crippen molar-refractivity contribution in [3.05, 3.63) is 47.3 Å². The third-order valence-electron chi connectivity index (χ3n) is 4.86. The van der Waals surface area contributed by atoms with Gasteiger partial charge in [-0.05, 0) is 38.8 Å². The van der Waals surface area contributed by atoms with Crippen molar-refractivity contribution in [2.45, 2.75) is 52.5 Å². The van der Waals surface area contributed by atoms with Crippen LogP contribution in [0.3, 0.4) is 0 Å². The van der Waals surface area contributed by atoms with E-state index in [1.165, 1.54) is 19.3 Å². The molecule has 23 heavy (non-hydrogen) atoms. The summed E-state index contributed by atoms with van der Waals surface area (Å²) in [7, 11) is 0. The second-order valence-corrected chi connectivity index (χ2v) is 6.45. The number of rotatable bonds is 4. The predicted octanol–water partition coefficient (Wildman–Crippen LogP) is 3.69. The van der Waals surface area contributed by atoms with Gasteiger partial charge in [0.2, 0.25) is 5.91 Å². The number of hydrogen-bond acceptors (Lipinski definition) is 2. The molecule has 1 fully saturated rings. The quantitative estimate of drug-likeness (QED) is 0.936. The average molecular weight is 311 g/mol. The molecule has 4 heteroatoms. The Morgan fingerprint density at radius 1 is 1.17 bits per heavy atom. The Hall–Kier alpha value is -2.10. The molecule has 1 aliphatic carbocycles. The van der Waals surface area contributed by atoms with Gasteiger partial charge in [0.15, 0.2) is 0 Å². The van der Waals surface area contributed by atoms with E-state index in [2.05, 4.69) is 17.3 Å². The van der Waals surface area contributed by atoms with Crippen molar-refractivity contribution in [1.29, 1.82) is 0 Å². The fraction of sp³-hybridized carbons (Fsp3) is 0.474. The maximum atomic E-state index is 12.3. The van der Waals surface area contributed by atoms with Crippen molar-refractivity contribution < 1.29 is 4.79 Å². The molecule has 1 aliphatic rings. The van der Waals surface area contributed by atoms with E-state index in [0.29, 0.717) is 6.54 Å². The summed E-state index contributed by atoms with van der Waals surface area (Å²) in [4.78, 5) is 12.3. The van der Waals surface area contributed by atoms with Crippen LogP contribution in [-0.2, 0) is 11.3 Å². The van der Waals surface area contributed by atoms with E-state index in [-0.39, 0.29) is 11.8 Å². The lowest BCUT2D eigenvalue weighted by molar-refractivity contribution is -0.126. The van der Waals surface area contributed by atoms with Gasteiger partial charge in [-0.15, -0.1) is 0 Å². The van der Waals surface area contributed by atoms with Crippen molar-refractivity contribution in [3.8, 4) is 5.69 Å². The Labute approximate surface area is 137 Å². The predicted molar refractivity (Wildman–Crippen MR) is 91.5 cm³/mol. The molecule has 1 N–H and O–H groups in total. The number of amides is 1. The van der Waals surface area contributed by atoms with Crippen molar-refractivity contribution in [3.63, 3.8) is 0 Å². The maximum absolute atomic E-state index is 12.3. The Kier molecular flexibility index (Phi) is 4.79. The molecule has 2 aromatic rings. The summed E-state index contributed by atoms with van der Waals surface area (Å²) in [5.41, 5.74) is 4.25. The zero-order chi connectivity index (χ0) is 16.2. The summed E-state index contributed by atoms with van der Waals surface area (Å²) < 4.78 is 1.96. The van der Waals surface area contributed by atoms with Crippen molar-refractivity contribution >= 4 is 5.91 Å². The maximum Gasteiger partial charge on any atom is 0.223 e. The number of carbonyl (C=O) groups excluding carboxylic acids is 1. The second-order valence-electron chi connectivity index (χ2n) is 6.45. The number of aromatic nitrogens is 2. The lowest BCUT2D eigenvalue weighted by Gasteiger charge is -2.20. The largest absolute Gasteiger partial charge is 0.352 e. The molecule has 4 nitrogen and oxygen atoms in total. The van der Waals surface area contributed by atoms with E-state index in [4.69, 9.17) is 0 Å². The molecule has 1 aromatic heterocycles. The molecule has 0 bridgehead atoms. The monoisotopic (exact) mass is 311 g/mol. The van der Waals surface area contributed by atoms with Gasteiger partial charge >= 0.3 is 0 Å². The smallest absolute Gasteiger partial charge is 0.223 e. The lowest BCUT2D eigenvalue weighted by atomic mass is 9.88. The van der Waals surface area contributed by atoms with Crippen molar-refractivity contribution in [2.75, 3.05) is 0 Å². The van der Waals surface area contributed by atoms with Gasteiger partial charge in [-0.2, -0.15) is 5.10 Å². The SMILES string of the molecule is Cc1nn(-c2ccccc2)c(C)c1CNC(=O)C1CCCCC1. The summed E-state index contributed by atoms with van der Waals surface area (Å²) in [6, 6.07) is 10.1. The Morgan fingerprint density at radius 2 is 1.87 bits per heavy atom. The zero-order valence-electron chi connectivity index (χ0n) is 14.0. The van der Waals surface area contributed by atoms with Crippen LogP contribution in [0.1, 0.15) is 49.1 Å². The van der Waals surface area contributed by atoms with Crippen molar-refractivity contribution in [1.82, 2.24) is 15.1 Å². The van der Waals surface area contributed by atoms with Crippen LogP contribution in [0.15, 0.2) is 30.3 Å². The molecule has 1 aromatic carbocycles. The number of benzene rings is 1. The topological polar surface area (TPSA) is 46.9 Å². The summed E-state index contributed by atoms with van der Waals surface area (Å²) in [5.74, 6) is 0.407. The number of carbonyl (C=O) groups is 1. The third-order valence-corrected chi connectivity index (χ3v) is 4.86. The van der Waals surface area contributed by atoms with Gasteiger partial charge in [-0.1, -0.05) is 37.5 Å². The van der Waals surface area contributed by atoms with E-state index >= 15 is 0 Å². The first-order valence-electron chi connectivity index (χ1n) is 8.55. The number of aryl methyl sites for hydroxylation is 1. The minimum absolute atomic E-state index is 0.202. The molecular formula is C19H25N3O. The molecule has 0 unspecified atom stereocenters. The fourth-order valence-corrected chi connectivity index (χ4v) is 3.44. The highest BCUT2D eigenvalue weighted by Crippen LogP contribution is 2.24. The normalized spacial score (nSPS) is 15.6. The highest BCUT2D eigenvalue weighted by Gasteiger charge is 2.21. The number of nitrogens with one attached hydrogen (secondary N) is 1. The standard InChI is InChI=1S/C19H25N3O/c1-14-18(13-20-19(23)16-9-5-3-6-10-16)15(2)22(21-14)17-11-7-4-8-12-17/h4,7-8,11-12,16H,3,5-6,9-10,13H2,1-2H3,(H,20,23). The first-order chi connectivity index (χ1) is 11.2. The average Bonchev–Trinajstić information content (AvgIpc) is 2.88. The second kappa shape index (κ2) is 6.99. The van der Waals surface area contributed by atoms with Gasteiger partial charge in [0.1, 0.15) is 0 Å². The summed E-state index contributed by atoms with van der Waals surface area (Å²) >= 11 is 0. The minimum Gasteiger partial charge on any atom is -0.352 e. The fourth-order valence-electron chi connectivity index (χ4n) is 3.44. The van der Waals surface area contributed by atoms with Gasteiger partial charge in [0.05, 0.1) is 11.4 Å². The van der Waals surface area contributed by atoms with Crippen LogP contribution < -0.4 is 5.32 Å². The van der Waals surface area contributed by atoms with E-state index in [0.717, 1.165) is 35.5 Å². The van der Waals surface area contributed by atoms with Gasteiger partial charge in [0.25, 0.3) is 0 Å². The molecule has 1 saturated carbocycles. The highest BCUT2D eigenvalue weighted by molar-refractivity contribution is 5.78. The van der Waals surface area contributed by atoms with Crippen LogP contribution in [0.25, 0.3) is 5.69 Å². The van der Waals surface area contributed by atoms with Crippen LogP contribution >= 0.6 is 0 Å². The zero-order valence-corrected chi connectivity index (χ0v) is 14.0. The Balaban J connectivity index is 1.71. The third kappa shape index (κ3) is 3.46. The first-order valence-corrected chi connectivity index (χ1v) is 8.55. The van der Waals surface area contributed by atoms with E-state index in [9.17, 15) is 4.79 Å². The molecule has 1 amide bonds. The summed E-state index contributed by atoms with van der Waals surface area (Å²) in [6.07, 6.45) is 5.70. The van der Waals surface area contributed by atoms with Gasteiger partial charge in [-0.3, -0.25) is 4.79 Å². The van der Waals surface area contributed by atoms with Crippen molar-refractivity contribution in [2.24, 2.45) is 5.92 Å². The van der Waals surface area contributed by atoms with Crippen LogP contribution in [0.5, 0.6) is 0 Å². The van der Waals surface area contributed by atoms with Gasteiger partial charge < -0.3 is 5.32 Å². The number of nitrogens with zero attached hydrogens (tertiary/aromatic N) is 2. The molecule has 1 heterocycles. The number of para-hydroxylation sites is 1. The van der Waals surface area contributed by atoms with Gasteiger partial charge in [-0.25, -0.2) is 4.68 Å². The molecule has 122 valence electrons. The van der Waals surface area contributed by atoms with Crippen LogP contribution in [0.2, 0.25) is 0 Å². The molecule has 0 spiro atoms. The lowest BCUT2D eigenvalue weighted by Crippen LogP contribution is -2.31. The van der Waals surface area contributed by atoms with Crippen LogP contribution in [-0.4, -0.2) is 15.7 Å². The molecule has 0 saturated heterocycles. The molecular weight excluding hydrogens is 286 g/mol.